The van der Waals surface area contributed by atoms with Gasteiger partial charge in [0.05, 0.1) is 5.92 Å². The van der Waals surface area contributed by atoms with Crippen molar-refractivity contribution < 1.29 is 38.3 Å². The molecule has 1 aliphatic rings. The lowest BCUT2D eigenvalue weighted by Crippen LogP contribution is -2.57. The summed E-state index contributed by atoms with van der Waals surface area (Å²) in [5.41, 5.74) is 6.28. The van der Waals surface area contributed by atoms with Crippen LogP contribution in [0.2, 0.25) is 0 Å². The molecule has 3 atom stereocenters. The Hall–Kier alpha value is -4.69. The molecule has 302 valence electrons. The fourth-order valence-corrected chi connectivity index (χ4v) is 5.87. The molecule has 1 aromatic rings. The van der Waals surface area contributed by atoms with Crippen LogP contribution in [0.1, 0.15) is 112 Å². The fourth-order valence-electron chi connectivity index (χ4n) is 5.87. The molecule has 15 nitrogen and oxygen atoms in total. The van der Waals surface area contributed by atoms with Crippen molar-refractivity contribution in [2.75, 3.05) is 25.0 Å². The van der Waals surface area contributed by atoms with Crippen molar-refractivity contribution >= 4 is 47.3 Å². The van der Waals surface area contributed by atoms with Crippen LogP contribution in [0.3, 0.4) is 0 Å². The van der Waals surface area contributed by atoms with E-state index in [9.17, 15) is 33.6 Å². The minimum absolute atomic E-state index is 0.0320. The summed E-state index contributed by atoms with van der Waals surface area (Å²) in [5, 5.41) is 13.1. The predicted octanol–water partition coefficient (Wildman–Crippen LogP) is 4.34. The molecule has 54 heavy (non-hydrogen) atoms. The molecular formula is C39H63N7O8. The average Bonchev–Trinajstić information content (AvgIpc) is 3.36. The van der Waals surface area contributed by atoms with Crippen LogP contribution in [0.15, 0.2) is 24.3 Å². The van der Waals surface area contributed by atoms with E-state index >= 15 is 0 Å². The second-order valence-corrected chi connectivity index (χ2v) is 16.6. The number of carbonyl (C=O) groups excluding carboxylic acids is 7. The number of alkyl carbamates (subject to hydrolysis) is 1. The van der Waals surface area contributed by atoms with Gasteiger partial charge in [-0.15, -0.1) is 0 Å². The van der Waals surface area contributed by atoms with Crippen LogP contribution in [0.5, 0.6) is 0 Å². The Labute approximate surface area is 320 Å². The number of hydrogen-bond acceptors (Lipinski definition) is 8. The maximum absolute atomic E-state index is 13.4. The fraction of sp³-hybridized carbons (Fsp3) is 0.667. The molecular weight excluding hydrogens is 694 g/mol. The summed E-state index contributed by atoms with van der Waals surface area (Å²) in [4.78, 5) is 89.4. The summed E-state index contributed by atoms with van der Waals surface area (Å²) in [7, 11) is 0. The maximum atomic E-state index is 13.4. The molecule has 2 rings (SSSR count). The molecule has 1 unspecified atom stereocenters. The van der Waals surface area contributed by atoms with Gasteiger partial charge in [-0.2, -0.15) is 0 Å². The predicted molar refractivity (Wildman–Crippen MR) is 206 cm³/mol. The van der Waals surface area contributed by atoms with E-state index in [-0.39, 0.29) is 66.4 Å². The zero-order chi connectivity index (χ0) is 40.6. The number of rotatable bonds is 20. The molecule has 1 aliphatic heterocycles. The number of hydrogen-bond donors (Lipinski definition) is 6. The van der Waals surface area contributed by atoms with Gasteiger partial charge >= 0.3 is 12.1 Å². The zero-order valence-corrected chi connectivity index (χ0v) is 33.4. The van der Waals surface area contributed by atoms with Gasteiger partial charge < -0.3 is 37.1 Å². The molecule has 1 fully saturated rings. The van der Waals surface area contributed by atoms with Crippen LogP contribution in [0.25, 0.3) is 0 Å². The van der Waals surface area contributed by atoms with Crippen molar-refractivity contribution in [1.29, 1.82) is 0 Å². The van der Waals surface area contributed by atoms with Crippen LogP contribution in [0.4, 0.5) is 15.3 Å². The number of likely N-dealkylation sites (tertiary alicyclic amines) is 1. The molecule has 0 aliphatic carbocycles. The van der Waals surface area contributed by atoms with Crippen LogP contribution in [0, 0.1) is 22.7 Å². The Balaban J connectivity index is 1.86. The molecule has 8 amide bonds. The lowest BCUT2D eigenvalue weighted by molar-refractivity contribution is -0.140. The quantitative estimate of drug-likeness (QED) is 0.0828. The number of unbranched alkanes of at least 4 members (excludes halogenated alkanes) is 3. The molecule has 1 aromatic carbocycles. The van der Waals surface area contributed by atoms with Crippen molar-refractivity contribution in [3.63, 3.8) is 0 Å². The molecule has 1 saturated heterocycles. The molecule has 1 heterocycles. The number of imide groups is 1. The molecule has 0 saturated carbocycles. The summed E-state index contributed by atoms with van der Waals surface area (Å²) < 4.78 is 5.28. The van der Waals surface area contributed by atoms with Gasteiger partial charge in [0.25, 0.3) is 0 Å². The minimum Gasteiger partial charge on any atom is -0.445 e. The number of benzene rings is 1. The van der Waals surface area contributed by atoms with Gasteiger partial charge in [-0.25, -0.2) is 9.59 Å². The van der Waals surface area contributed by atoms with E-state index in [4.69, 9.17) is 10.5 Å². The monoisotopic (exact) mass is 757 g/mol. The summed E-state index contributed by atoms with van der Waals surface area (Å²) in [6.45, 7) is 16.4. The largest absolute Gasteiger partial charge is 0.445 e. The SMILES string of the molecule is CC(C)[C@H](NC(=O)CCCCCN1C(=O)CC(C(C)(C)C)C1=O)C(=O)N[C@@H](CNC(N)=O)C(=O)Nc1ccc(COC(=O)NCCCCC(C)(C)C)cc1. The normalized spacial score (nSPS) is 15.7. The Morgan fingerprint density at radius 2 is 1.54 bits per heavy atom. The number of nitrogens with one attached hydrogen (secondary N) is 5. The Bertz CT molecular complexity index is 1450. The smallest absolute Gasteiger partial charge is 0.407 e. The summed E-state index contributed by atoms with van der Waals surface area (Å²) in [6, 6.07) is 3.49. The summed E-state index contributed by atoms with van der Waals surface area (Å²) in [6.07, 6.45) is 4.41. The number of amides is 8. The lowest BCUT2D eigenvalue weighted by Gasteiger charge is -2.25. The van der Waals surface area contributed by atoms with Crippen molar-refractivity contribution in [2.24, 2.45) is 28.4 Å². The molecule has 0 aromatic heterocycles. The number of nitrogens with zero attached hydrogens (tertiary/aromatic N) is 1. The first-order chi connectivity index (χ1) is 25.2. The van der Waals surface area contributed by atoms with Gasteiger partial charge in [0.1, 0.15) is 18.7 Å². The van der Waals surface area contributed by atoms with Gasteiger partial charge in [0.2, 0.25) is 29.5 Å². The van der Waals surface area contributed by atoms with E-state index in [0.717, 1.165) is 19.3 Å². The standard InChI is InChI=1S/C39H63N7O8/c1-25(2)32(45-30(47)14-10-9-13-21-46-31(48)22-28(35(46)51)39(6,7)8)34(50)44-29(23-42-36(40)52)33(49)43-27-17-15-26(16-18-27)24-54-37(53)41-20-12-11-19-38(3,4)5/h15-18,25,28-29,32H,9-14,19-24H2,1-8H3,(H,41,53)(H,43,49)(H,44,50)(H,45,47)(H3,40,42,52)/t28?,29-,32-/m0/s1. The van der Waals surface area contributed by atoms with Crippen molar-refractivity contribution in [1.82, 2.24) is 26.2 Å². The number of anilines is 1. The highest BCUT2D eigenvalue weighted by Gasteiger charge is 2.44. The van der Waals surface area contributed by atoms with Crippen LogP contribution < -0.4 is 32.3 Å². The van der Waals surface area contributed by atoms with Gasteiger partial charge in [-0.1, -0.05) is 80.4 Å². The highest BCUT2D eigenvalue weighted by atomic mass is 16.5. The lowest BCUT2D eigenvalue weighted by atomic mass is 9.80. The third-order valence-electron chi connectivity index (χ3n) is 9.17. The molecule has 15 heteroatoms. The van der Waals surface area contributed by atoms with Gasteiger partial charge in [-0.3, -0.25) is 28.9 Å². The number of urea groups is 1. The summed E-state index contributed by atoms with van der Waals surface area (Å²) in [5.74, 6) is -2.60. The maximum Gasteiger partial charge on any atom is 0.407 e. The number of carbonyl (C=O) groups is 7. The number of primary amides is 1. The Morgan fingerprint density at radius 1 is 0.870 bits per heavy atom. The first-order valence-corrected chi connectivity index (χ1v) is 19.0. The second-order valence-electron chi connectivity index (χ2n) is 16.6. The first-order valence-electron chi connectivity index (χ1n) is 19.0. The number of ether oxygens (including phenoxy) is 1. The highest BCUT2D eigenvalue weighted by molar-refractivity contribution is 6.04. The second kappa shape index (κ2) is 21.3. The topological polar surface area (TPSA) is 218 Å². The van der Waals surface area contributed by atoms with Crippen molar-refractivity contribution in [3.8, 4) is 0 Å². The van der Waals surface area contributed by atoms with Crippen LogP contribution in [-0.2, 0) is 35.3 Å². The van der Waals surface area contributed by atoms with Crippen LogP contribution in [-0.4, -0.2) is 78.3 Å². The summed E-state index contributed by atoms with van der Waals surface area (Å²) >= 11 is 0. The van der Waals surface area contributed by atoms with Gasteiger partial charge in [0.15, 0.2) is 0 Å². The molecule has 0 bridgehead atoms. The zero-order valence-electron chi connectivity index (χ0n) is 33.4. The van der Waals surface area contributed by atoms with Crippen molar-refractivity contribution in [3.05, 3.63) is 29.8 Å². The van der Waals surface area contributed by atoms with E-state index in [1.54, 1.807) is 38.1 Å². The molecule has 0 spiro atoms. The third-order valence-corrected chi connectivity index (χ3v) is 9.17. The minimum atomic E-state index is -1.23. The Kier molecular flexibility index (Phi) is 17.9. The van der Waals surface area contributed by atoms with E-state index < -0.39 is 36.0 Å². The van der Waals surface area contributed by atoms with E-state index in [1.807, 2.05) is 20.8 Å². The van der Waals surface area contributed by atoms with Gasteiger partial charge in [-0.05, 0) is 60.1 Å². The highest BCUT2D eigenvalue weighted by Crippen LogP contribution is 2.35. The number of nitrogens with two attached hydrogens (primary N) is 1. The van der Waals surface area contributed by atoms with E-state index in [1.165, 1.54) is 4.90 Å². The molecule has 0 radical (unpaired) electrons. The van der Waals surface area contributed by atoms with E-state index in [2.05, 4.69) is 47.4 Å². The third kappa shape index (κ3) is 16.5. The van der Waals surface area contributed by atoms with E-state index in [0.29, 0.717) is 43.6 Å². The van der Waals surface area contributed by atoms with Crippen molar-refractivity contribution in [2.45, 2.75) is 125 Å². The van der Waals surface area contributed by atoms with Gasteiger partial charge in [0, 0.05) is 38.2 Å². The first kappa shape index (κ1) is 45.5. The molecule has 7 N–H and O–H groups in total. The van der Waals surface area contributed by atoms with Crippen LogP contribution >= 0.6 is 0 Å². The Morgan fingerprint density at radius 3 is 2.11 bits per heavy atom. The average molecular weight is 758 g/mol.